The van der Waals surface area contributed by atoms with E-state index in [-0.39, 0.29) is 18.0 Å². The number of para-hydroxylation sites is 1. The molecule has 0 radical (unpaired) electrons. The van der Waals surface area contributed by atoms with Crippen molar-refractivity contribution in [2.24, 2.45) is 0 Å². The highest BCUT2D eigenvalue weighted by molar-refractivity contribution is 5.98. The summed E-state index contributed by atoms with van der Waals surface area (Å²) in [5, 5.41) is 10.8. The van der Waals surface area contributed by atoms with Gasteiger partial charge in [-0.05, 0) is 42.2 Å². The first-order valence-corrected chi connectivity index (χ1v) is 9.48. The predicted octanol–water partition coefficient (Wildman–Crippen LogP) is 6.02. The number of carboxylic acid groups (broad SMARTS) is 1. The fraction of sp³-hybridized carbons (Fsp3) is 0.318. The second-order valence-corrected chi connectivity index (χ2v) is 6.88. The lowest BCUT2D eigenvalue weighted by Gasteiger charge is -2.12. The second-order valence-electron chi connectivity index (χ2n) is 6.88. The van der Waals surface area contributed by atoms with E-state index in [9.17, 15) is 23.1 Å². The predicted molar refractivity (Wildman–Crippen MR) is 104 cm³/mol. The van der Waals surface area contributed by atoms with Crippen molar-refractivity contribution in [3.63, 3.8) is 0 Å². The maximum absolute atomic E-state index is 12.3. The number of ether oxygens (including phenoxy) is 1. The molecule has 0 aliphatic carbocycles. The quantitative estimate of drug-likeness (QED) is 0.466. The summed E-state index contributed by atoms with van der Waals surface area (Å²) in [7, 11) is 0. The molecule has 3 rings (SSSR count). The Labute approximate surface area is 166 Å². The zero-order valence-corrected chi connectivity index (χ0v) is 16.0. The number of hydrogen-bond acceptors (Lipinski definition) is 2. The van der Waals surface area contributed by atoms with Gasteiger partial charge in [0, 0.05) is 17.4 Å². The Balaban J connectivity index is 1.98. The number of fused-ring (bicyclic) bond motifs is 1. The number of unbranched alkanes of at least 4 members (excludes halogenated alkanes) is 2. The van der Waals surface area contributed by atoms with Crippen molar-refractivity contribution in [3.05, 3.63) is 65.4 Å². The number of rotatable bonds is 8. The van der Waals surface area contributed by atoms with Gasteiger partial charge in [0.05, 0.1) is 0 Å². The van der Waals surface area contributed by atoms with Crippen LogP contribution in [0.25, 0.3) is 10.9 Å². The second kappa shape index (κ2) is 8.59. The van der Waals surface area contributed by atoms with E-state index in [0.29, 0.717) is 12.0 Å². The lowest BCUT2D eigenvalue weighted by molar-refractivity contribution is -0.274. The van der Waals surface area contributed by atoms with Gasteiger partial charge in [-0.2, -0.15) is 0 Å². The number of alkyl halides is 3. The molecule has 0 fully saturated rings. The summed E-state index contributed by atoms with van der Waals surface area (Å²) in [6.45, 7) is 2.33. The Morgan fingerprint density at radius 1 is 1.07 bits per heavy atom. The minimum absolute atomic E-state index is 0.234. The summed E-state index contributed by atoms with van der Waals surface area (Å²) in [5.74, 6) is -1.32. The van der Waals surface area contributed by atoms with Crippen molar-refractivity contribution in [2.45, 2.75) is 45.5 Å². The molecule has 2 aromatic carbocycles. The van der Waals surface area contributed by atoms with Crippen LogP contribution in [0.15, 0.2) is 48.5 Å². The fourth-order valence-corrected chi connectivity index (χ4v) is 3.57. The van der Waals surface area contributed by atoms with Gasteiger partial charge in [-0.25, -0.2) is 4.79 Å². The Morgan fingerprint density at radius 2 is 1.76 bits per heavy atom. The van der Waals surface area contributed by atoms with Crippen LogP contribution in [-0.4, -0.2) is 22.0 Å². The Bertz CT molecular complexity index is 991. The van der Waals surface area contributed by atoms with Crippen LogP contribution >= 0.6 is 0 Å². The number of nitrogens with zero attached hydrogens (tertiary/aromatic N) is 1. The van der Waals surface area contributed by atoms with Gasteiger partial charge in [0.1, 0.15) is 11.4 Å². The van der Waals surface area contributed by atoms with Crippen molar-refractivity contribution in [2.75, 3.05) is 0 Å². The summed E-state index contributed by atoms with van der Waals surface area (Å²) < 4.78 is 42.6. The van der Waals surface area contributed by atoms with E-state index in [0.717, 1.165) is 35.7 Å². The van der Waals surface area contributed by atoms with Crippen LogP contribution in [0.5, 0.6) is 5.75 Å². The molecule has 0 unspecified atom stereocenters. The summed E-state index contributed by atoms with van der Waals surface area (Å²) in [4.78, 5) is 12.1. The Hall–Kier alpha value is -2.96. The molecule has 4 nitrogen and oxygen atoms in total. The summed E-state index contributed by atoms with van der Waals surface area (Å²) in [6, 6.07) is 13.0. The molecule has 0 amide bonds. The zero-order chi connectivity index (χ0) is 21.0. The third-order valence-corrected chi connectivity index (χ3v) is 4.81. The molecule has 154 valence electrons. The molecule has 0 saturated carbocycles. The third-order valence-electron chi connectivity index (χ3n) is 4.81. The van der Waals surface area contributed by atoms with Gasteiger partial charge in [-0.1, -0.05) is 50.1 Å². The maximum atomic E-state index is 12.3. The average Bonchev–Trinajstić information content (AvgIpc) is 2.96. The molecule has 0 bridgehead atoms. The molecule has 0 saturated heterocycles. The van der Waals surface area contributed by atoms with Crippen LogP contribution < -0.4 is 4.74 Å². The smallest absolute Gasteiger partial charge is 0.477 e. The minimum atomic E-state index is -4.75. The van der Waals surface area contributed by atoms with Gasteiger partial charge in [-0.15, -0.1) is 13.2 Å². The van der Waals surface area contributed by atoms with E-state index in [1.54, 1.807) is 4.57 Å². The number of hydrogen-bond donors (Lipinski definition) is 1. The monoisotopic (exact) mass is 405 g/mol. The lowest BCUT2D eigenvalue weighted by atomic mass is 10.0. The molecule has 0 aliphatic heterocycles. The molecule has 0 aliphatic rings. The average molecular weight is 405 g/mol. The summed E-state index contributed by atoms with van der Waals surface area (Å²) in [5.41, 5.74) is 2.52. The number of carbonyl (C=O) groups is 1. The van der Waals surface area contributed by atoms with Crippen molar-refractivity contribution in [1.29, 1.82) is 0 Å². The van der Waals surface area contributed by atoms with Crippen LogP contribution in [0.2, 0.25) is 0 Å². The lowest BCUT2D eigenvalue weighted by Crippen LogP contribution is -2.17. The van der Waals surface area contributed by atoms with Gasteiger partial charge in [0.25, 0.3) is 0 Å². The van der Waals surface area contributed by atoms with Crippen molar-refractivity contribution < 1.29 is 27.8 Å². The van der Waals surface area contributed by atoms with Gasteiger partial charge in [0.2, 0.25) is 0 Å². The number of aromatic nitrogens is 1. The number of aromatic carboxylic acids is 1. The van der Waals surface area contributed by atoms with Crippen molar-refractivity contribution in [3.8, 4) is 5.75 Å². The molecular formula is C22H22F3NO3. The van der Waals surface area contributed by atoms with Gasteiger partial charge in [-0.3, -0.25) is 0 Å². The van der Waals surface area contributed by atoms with Gasteiger partial charge in [0.15, 0.2) is 0 Å². The Morgan fingerprint density at radius 3 is 2.38 bits per heavy atom. The van der Waals surface area contributed by atoms with Crippen LogP contribution in [0, 0.1) is 0 Å². The van der Waals surface area contributed by atoms with Crippen LogP contribution in [0.4, 0.5) is 13.2 Å². The van der Waals surface area contributed by atoms with E-state index >= 15 is 0 Å². The highest BCUT2D eigenvalue weighted by atomic mass is 19.4. The van der Waals surface area contributed by atoms with Crippen molar-refractivity contribution in [1.82, 2.24) is 4.57 Å². The number of benzene rings is 2. The largest absolute Gasteiger partial charge is 0.573 e. The molecule has 1 aromatic heterocycles. The summed E-state index contributed by atoms with van der Waals surface area (Å²) in [6.07, 6.45) is -1.13. The first-order chi connectivity index (χ1) is 13.8. The van der Waals surface area contributed by atoms with Crippen LogP contribution in [0.3, 0.4) is 0 Å². The molecule has 0 spiro atoms. The Kier molecular flexibility index (Phi) is 6.15. The molecule has 29 heavy (non-hydrogen) atoms. The van der Waals surface area contributed by atoms with E-state index in [1.807, 2.05) is 24.3 Å². The van der Waals surface area contributed by atoms with Gasteiger partial charge >= 0.3 is 12.3 Å². The molecule has 1 N–H and O–H groups in total. The third kappa shape index (κ3) is 4.91. The molecular weight excluding hydrogens is 383 g/mol. The number of aryl methyl sites for hydroxylation is 1. The minimum Gasteiger partial charge on any atom is -0.477 e. The fourth-order valence-electron chi connectivity index (χ4n) is 3.57. The standard InChI is InChI=1S/C22H22F3NO3/c1-2-3-4-8-18-17-7-5-6-9-19(17)26(20(18)21(27)28)14-15-10-12-16(13-11-15)29-22(23,24)25/h5-7,9-13H,2-4,8,14H2,1H3,(H,27,28). The van der Waals surface area contributed by atoms with Crippen LogP contribution in [0.1, 0.15) is 47.8 Å². The zero-order valence-electron chi connectivity index (χ0n) is 16.0. The SMILES string of the molecule is CCCCCc1c(C(=O)O)n(Cc2ccc(OC(F)(F)F)cc2)c2ccccc12. The molecule has 3 aromatic rings. The van der Waals surface area contributed by atoms with E-state index in [2.05, 4.69) is 11.7 Å². The van der Waals surface area contributed by atoms with Crippen molar-refractivity contribution >= 4 is 16.9 Å². The summed E-state index contributed by atoms with van der Waals surface area (Å²) >= 11 is 0. The maximum Gasteiger partial charge on any atom is 0.573 e. The molecule has 1 heterocycles. The highest BCUT2D eigenvalue weighted by Crippen LogP contribution is 2.30. The van der Waals surface area contributed by atoms with Gasteiger partial charge < -0.3 is 14.4 Å². The molecule has 7 heteroatoms. The topological polar surface area (TPSA) is 51.5 Å². The number of carboxylic acids is 1. The first kappa shape index (κ1) is 20.8. The highest BCUT2D eigenvalue weighted by Gasteiger charge is 2.31. The normalized spacial score (nSPS) is 11.7. The first-order valence-electron chi connectivity index (χ1n) is 9.48. The van der Waals surface area contributed by atoms with Crippen LogP contribution in [-0.2, 0) is 13.0 Å². The van der Waals surface area contributed by atoms with E-state index in [4.69, 9.17) is 0 Å². The molecule has 0 atom stereocenters. The van der Waals surface area contributed by atoms with E-state index < -0.39 is 12.3 Å². The number of halogens is 3. The van der Waals surface area contributed by atoms with E-state index in [1.165, 1.54) is 24.3 Å².